The van der Waals surface area contributed by atoms with Crippen molar-refractivity contribution >= 4 is 147 Å². The van der Waals surface area contributed by atoms with Gasteiger partial charge in [-0.25, -0.2) is 4.98 Å². The number of aromatic nitrogens is 3. The van der Waals surface area contributed by atoms with Gasteiger partial charge >= 0.3 is 0 Å². The Bertz CT molecular complexity index is 5350. The van der Waals surface area contributed by atoms with E-state index in [4.69, 9.17) is 4.74 Å². The van der Waals surface area contributed by atoms with Gasteiger partial charge in [-0.3, -0.25) is 31.9 Å². The van der Waals surface area contributed by atoms with E-state index < -0.39 is 168 Å². The van der Waals surface area contributed by atoms with Gasteiger partial charge < -0.3 is 14.9 Å². The second-order valence-electron chi connectivity index (χ2n) is 18.0. The summed E-state index contributed by atoms with van der Waals surface area (Å²) >= 11 is 0.887. The predicted molar refractivity (Wildman–Crippen MR) is 303 cm³/mol. The molecule has 0 radical (unpaired) electrons. The van der Waals surface area contributed by atoms with Crippen LogP contribution in [0.15, 0.2) is 163 Å². The zero-order valence-electron chi connectivity index (χ0n) is 42.9. The van der Waals surface area contributed by atoms with Crippen molar-refractivity contribution in [3.8, 4) is 34.3 Å². The van der Waals surface area contributed by atoms with Crippen molar-refractivity contribution < 1.29 is 106 Å². The van der Waals surface area contributed by atoms with Gasteiger partial charge in [-0.15, -0.1) is 30.7 Å². The van der Waals surface area contributed by atoms with Gasteiger partial charge in [0.2, 0.25) is 11.0 Å². The van der Waals surface area contributed by atoms with Crippen molar-refractivity contribution in [3.63, 3.8) is 0 Å². The summed E-state index contributed by atoms with van der Waals surface area (Å²) in [7, 11) is -36.7. The number of hydrogen-bond acceptors (Lipinski definition) is 26. The van der Waals surface area contributed by atoms with Crippen LogP contribution >= 0.6 is 11.3 Å². The molecule has 2 heterocycles. The Morgan fingerprint density at radius 2 is 1.14 bits per heavy atom. The predicted octanol–water partition coefficient (Wildman–Crippen LogP) is 8.56. The number of nitrogens with zero attached hydrogens (tertiary/aromatic N) is 9. The normalized spacial score (nSPS) is 13.3. The van der Waals surface area contributed by atoms with Gasteiger partial charge in [-0.2, -0.15) is 68.7 Å². The number of aromatic hydroxyl groups is 2. The van der Waals surface area contributed by atoms with E-state index >= 15 is 0 Å². The Kier molecular flexibility index (Phi) is 16.6. The molecule has 0 unspecified atom stereocenters. The number of benzene rings is 7. The molecule has 0 saturated heterocycles. The Morgan fingerprint density at radius 3 is 1.76 bits per heavy atom. The van der Waals surface area contributed by atoms with E-state index in [0.717, 1.165) is 41.7 Å². The number of phenols is 1. The van der Waals surface area contributed by atoms with Crippen LogP contribution in [0.5, 0.6) is 17.4 Å². The lowest BCUT2D eigenvalue weighted by Gasteiger charge is -2.13. The molecule has 0 aliphatic heterocycles. The number of ether oxygens (including phenoxy) is 1. The molecule has 87 heavy (non-hydrogen) atoms. The van der Waals surface area contributed by atoms with Crippen LogP contribution < -0.4 is 4.74 Å². The molecule has 9 rings (SSSR count). The minimum Gasteiger partial charge on any atom is -0.505 e. The molecule has 2 aromatic heterocycles. The number of fused-ring (bicyclic) bond motifs is 3. The quantitative estimate of drug-likeness (QED) is 0.0208. The fourth-order valence-electron chi connectivity index (χ4n) is 8.33. The largest absolute Gasteiger partial charge is 0.505 e. The minimum absolute atomic E-state index is 0.00423. The Hall–Kier alpha value is -8.27. The minimum atomic E-state index is -5.66. The first-order valence-corrected chi connectivity index (χ1v) is 34.4. The monoisotopic (exact) mass is 1350 g/mol. The third-order valence-corrected chi connectivity index (χ3v) is 19.1. The first kappa shape index (κ1) is 63.2. The average Bonchev–Trinajstić information content (AvgIpc) is 1.24. The first-order chi connectivity index (χ1) is 40.3. The van der Waals surface area contributed by atoms with Gasteiger partial charge in [0, 0.05) is 33.2 Å². The highest BCUT2D eigenvalue weighted by atomic mass is 32.2. The van der Waals surface area contributed by atoms with Crippen molar-refractivity contribution in [3.05, 3.63) is 109 Å². The Morgan fingerprint density at radius 1 is 0.529 bits per heavy atom. The van der Waals surface area contributed by atoms with E-state index in [9.17, 15) is 101 Å². The summed E-state index contributed by atoms with van der Waals surface area (Å²) in [6.07, 6.45) is -0.312. The lowest BCUT2D eigenvalue weighted by Crippen LogP contribution is -2.08. The van der Waals surface area contributed by atoms with Crippen molar-refractivity contribution in [2.75, 3.05) is 12.4 Å². The van der Waals surface area contributed by atoms with Gasteiger partial charge in [-0.05, 0) is 85.6 Å². The number of rotatable bonds is 19. The van der Waals surface area contributed by atoms with Crippen LogP contribution in [-0.2, 0) is 70.8 Å². The highest BCUT2D eigenvalue weighted by molar-refractivity contribution is 7.88. The highest BCUT2D eigenvalue weighted by Crippen LogP contribution is 2.48. The van der Waals surface area contributed by atoms with Crippen LogP contribution in [-0.4, -0.2) is 128 Å². The topological polar surface area (TPSA) is 535 Å². The van der Waals surface area contributed by atoms with Gasteiger partial charge in [0.1, 0.15) is 48.1 Å². The van der Waals surface area contributed by atoms with E-state index in [0.29, 0.717) is 33.1 Å². The third-order valence-electron chi connectivity index (χ3n) is 12.1. The summed E-state index contributed by atoms with van der Waals surface area (Å²) in [5.41, 5.74) is -3.41. The maximum Gasteiger partial charge on any atom is 0.297 e. The molecule has 0 amide bonds. The molecule has 0 aliphatic rings. The van der Waals surface area contributed by atoms with Crippen LogP contribution in [0.3, 0.4) is 0 Å². The molecule has 0 aliphatic carbocycles. The lowest BCUT2D eigenvalue weighted by molar-refractivity contribution is 0.317. The van der Waals surface area contributed by atoms with Crippen LogP contribution in [0.1, 0.15) is 12.0 Å². The standard InChI is InChI=1S/C46H35N9O24S8/c1-22-14-34(35(79-12-5-13-81(58,59)60)21-33(22)49-53-46-47-31-10-8-25(82(61,62)63)18-36(31)80-46)50-51-41-39(86(73,74)75)20-30-27(43(41)56)9-11-32(44(30)87(76,77)78)48-52-42-40(23-6-3-2-4-7-23)54-55(45(42)57)24-15-28-29(37(16-24)84(67,68)69)17-26(83(64,65)66)19-38(28)85(70,71)72/h2-4,6-11,14-21,56-57H,5,12-13H2,1H3,(H,58,59,60)(H,61,62,63)(H,64,65,66)(H,67,68,69)(H,70,71,72)(H,73,74,75)(H,76,77,78). The van der Waals surface area contributed by atoms with Crippen molar-refractivity contribution in [2.45, 2.75) is 42.7 Å². The van der Waals surface area contributed by atoms with Gasteiger partial charge in [0.25, 0.3) is 70.8 Å². The molecule has 0 saturated carbocycles. The maximum atomic E-state index is 13.3. The third kappa shape index (κ3) is 13.6. The van der Waals surface area contributed by atoms with Crippen molar-refractivity contribution in [1.29, 1.82) is 0 Å². The molecule has 33 nitrogen and oxygen atoms in total. The second-order valence-corrected chi connectivity index (χ2v) is 29.0. The Balaban J connectivity index is 1.16. The molecule has 0 atom stereocenters. The molecular weight excluding hydrogens is 1320 g/mol. The van der Waals surface area contributed by atoms with Crippen LogP contribution in [0.2, 0.25) is 0 Å². The molecule has 7 aromatic carbocycles. The summed E-state index contributed by atoms with van der Waals surface area (Å²) in [5.74, 6) is -3.40. The Labute approximate surface area is 493 Å². The number of hydrogen-bond donors (Lipinski definition) is 9. The van der Waals surface area contributed by atoms with E-state index in [1.807, 2.05) is 0 Å². The molecule has 456 valence electrons. The number of azo groups is 3. The molecule has 9 aromatic rings. The number of thiazole rings is 1. The van der Waals surface area contributed by atoms with Gasteiger partial charge in [0.05, 0.1) is 43.7 Å². The zero-order chi connectivity index (χ0) is 63.7. The SMILES string of the molecule is Cc1cc(N=Nc2c(S(=O)(=O)O)cc3c(S(=O)(=O)O)c(N=Nc4c(-c5ccccc5)nn(-c5cc(S(=O)(=O)O)c6cc(S(=O)(=O)O)cc(S(=O)(=O)O)c6c5)c4O)ccc3c2O)c(OCCCS(=O)(=O)O)cc1N=Nc1nc2ccc(S(=O)(=O)O)cc2s1. The average molecular weight is 1350 g/mol. The molecule has 0 spiro atoms. The van der Waals surface area contributed by atoms with Crippen LogP contribution in [0, 0.1) is 6.92 Å². The lowest BCUT2D eigenvalue weighted by atomic mass is 10.1. The summed E-state index contributed by atoms with van der Waals surface area (Å²) in [6, 6.07) is 17.3. The van der Waals surface area contributed by atoms with E-state index in [1.165, 1.54) is 55.5 Å². The van der Waals surface area contributed by atoms with Crippen LogP contribution in [0.4, 0.5) is 33.6 Å². The molecule has 9 N–H and O–H groups in total. The number of aryl methyl sites for hydroxylation is 1. The summed E-state index contributed by atoms with van der Waals surface area (Å²) < 4.78 is 251. The fraction of sp³-hybridized carbons (Fsp3) is 0.0870. The fourth-order valence-corrected chi connectivity index (χ4v) is 13.7. The van der Waals surface area contributed by atoms with Crippen LogP contribution in [0.25, 0.3) is 48.7 Å². The molecule has 0 bridgehead atoms. The maximum absolute atomic E-state index is 13.3. The number of phenolic OH excluding ortho intramolecular Hbond substituents is 1. The first-order valence-electron chi connectivity index (χ1n) is 23.3. The highest BCUT2D eigenvalue weighted by Gasteiger charge is 2.31. The summed E-state index contributed by atoms with van der Waals surface area (Å²) in [6.45, 7) is 1.03. The van der Waals surface area contributed by atoms with Gasteiger partial charge in [-0.1, -0.05) is 41.7 Å². The van der Waals surface area contributed by atoms with E-state index in [-0.39, 0.29) is 51.6 Å². The van der Waals surface area contributed by atoms with E-state index in [1.54, 1.807) is 0 Å². The second kappa shape index (κ2) is 22.8. The summed E-state index contributed by atoms with van der Waals surface area (Å²) in [5, 5.41) is 48.4. The molecule has 41 heteroatoms. The van der Waals surface area contributed by atoms with Crippen molar-refractivity contribution in [1.82, 2.24) is 14.8 Å². The molecule has 0 fully saturated rings. The summed E-state index contributed by atoms with van der Waals surface area (Å²) in [4.78, 5) is -2.68. The van der Waals surface area contributed by atoms with Crippen molar-refractivity contribution in [2.24, 2.45) is 30.7 Å². The molecular formula is C46H35N9O24S8. The zero-order valence-corrected chi connectivity index (χ0v) is 49.4. The van der Waals surface area contributed by atoms with E-state index in [2.05, 4.69) is 40.8 Å². The van der Waals surface area contributed by atoms with Gasteiger partial charge in [0.15, 0.2) is 11.4 Å². The smallest absolute Gasteiger partial charge is 0.297 e.